The van der Waals surface area contributed by atoms with Gasteiger partial charge in [0.15, 0.2) is 28.9 Å². The van der Waals surface area contributed by atoms with Crippen LogP contribution >= 0.6 is 34.8 Å². The summed E-state index contributed by atoms with van der Waals surface area (Å²) in [7, 11) is 2.98. The van der Waals surface area contributed by atoms with E-state index in [1.165, 1.54) is 77.1 Å². The molecule has 4 aliphatic rings. The molecule has 130 heavy (non-hydrogen) atoms. The second-order valence-corrected chi connectivity index (χ2v) is 32.9. The molecule has 9 heterocycles. The number of rotatable bonds is 26. The lowest BCUT2D eigenvalue weighted by atomic mass is 9.88. The van der Waals surface area contributed by atoms with Gasteiger partial charge in [0.05, 0.1) is 47.9 Å². The Kier molecular flexibility index (Phi) is 28.9. The zero-order chi connectivity index (χ0) is 92.0. The van der Waals surface area contributed by atoms with E-state index in [1.807, 2.05) is 19.9 Å². The number of nitrogens with zero attached hydrogens (tertiary/aromatic N) is 19. The summed E-state index contributed by atoms with van der Waals surface area (Å²) in [6.45, 7) is 7.50. The summed E-state index contributed by atoms with van der Waals surface area (Å²) in [5, 5.41) is 37.9. The Hall–Kier alpha value is -15.0. The Balaban J connectivity index is 0.000000157. The van der Waals surface area contributed by atoms with Crippen LogP contribution in [0.1, 0.15) is 152 Å². The number of hydrogen-bond donors (Lipinski definition) is 2. The van der Waals surface area contributed by atoms with Gasteiger partial charge in [-0.15, -0.1) is 15.3 Å². The summed E-state index contributed by atoms with van der Waals surface area (Å²) in [6.07, 6.45) is 21.1. The van der Waals surface area contributed by atoms with Crippen LogP contribution in [0, 0.1) is 11.8 Å². The number of anilines is 3. The van der Waals surface area contributed by atoms with Crippen molar-refractivity contribution in [1.82, 2.24) is 90.3 Å². The van der Waals surface area contributed by atoms with Crippen LogP contribution in [0.2, 0.25) is 15.1 Å². The van der Waals surface area contributed by atoms with Gasteiger partial charge in [-0.05, 0) is 183 Å². The first-order valence-corrected chi connectivity index (χ1v) is 42.5. The summed E-state index contributed by atoms with van der Waals surface area (Å²) in [5.41, 5.74) is 19.2. The Morgan fingerprint density at radius 1 is 0.477 bits per heavy atom. The van der Waals surface area contributed by atoms with Crippen LogP contribution in [-0.2, 0) is 88.0 Å². The number of nitrogens with one attached hydrogen (secondary N) is 1. The van der Waals surface area contributed by atoms with Crippen LogP contribution in [0.25, 0.3) is 35.3 Å². The number of halogens is 3. The molecule has 3 unspecified atom stereocenters. The van der Waals surface area contributed by atoms with Crippen LogP contribution in [0.3, 0.4) is 0 Å². The minimum Gasteiger partial charge on any atom is -0.453 e. The molecular weight excluding hydrogens is 1720 g/mol. The van der Waals surface area contributed by atoms with E-state index in [1.54, 1.807) is 198 Å². The highest BCUT2D eigenvalue weighted by Gasteiger charge is 2.41. The van der Waals surface area contributed by atoms with E-state index < -0.39 is 24.2 Å². The Morgan fingerprint density at radius 3 is 1.22 bits per heavy atom. The average molecular weight is 1810 g/mol. The summed E-state index contributed by atoms with van der Waals surface area (Å²) in [5.74, 6) is -1.91. The molecule has 3 N–H and O–H groups in total. The van der Waals surface area contributed by atoms with Crippen molar-refractivity contribution in [3.05, 3.63) is 300 Å². The predicted octanol–water partition coefficient (Wildman–Crippen LogP) is 12.3. The lowest BCUT2D eigenvalue weighted by molar-refractivity contribution is -0.136. The number of carbonyl (C=O) groups is 11. The van der Waals surface area contributed by atoms with Crippen molar-refractivity contribution in [3.8, 4) is 17.1 Å². The monoisotopic (exact) mass is 1810 g/mol. The lowest BCUT2D eigenvalue weighted by Crippen LogP contribution is -2.44. The molecule has 0 radical (unpaired) electrons. The van der Waals surface area contributed by atoms with Crippen molar-refractivity contribution in [2.45, 2.75) is 104 Å². The maximum atomic E-state index is 14.1. The second-order valence-electron chi connectivity index (χ2n) is 31.6. The fourth-order valence-electron chi connectivity index (χ4n) is 15.3. The Labute approximate surface area is 760 Å². The van der Waals surface area contributed by atoms with Gasteiger partial charge >= 0.3 is 6.09 Å². The minimum atomic E-state index is -0.936. The first-order chi connectivity index (χ1) is 62.6. The number of fused-ring (bicyclic) bond motifs is 3. The molecule has 6 aromatic heterocycles. The van der Waals surface area contributed by atoms with E-state index in [0.717, 1.165) is 35.4 Å². The number of ether oxygens (including phenoxy) is 1. The van der Waals surface area contributed by atoms with E-state index in [0.29, 0.717) is 136 Å². The number of amides is 5. The highest BCUT2D eigenvalue weighted by Crippen LogP contribution is 2.39. The smallest absolute Gasteiger partial charge is 0.411 e. The molecule has 33 nitrogen and oxygen atoms in total. The number of aromatic nitrogens is 15. The van der Waals surface area contributed by atoms with Crippen molar-refractivity contribution in [1.29, 1.82) is 0 Å². The van der Waals surface area contributed by atoms with Crippen molar-refractivity contribution < 1.29 is 57.5 Å². The number of methoxy groups -OCH3 is 1. The first-order valence-electron chi connectivity index (χ1n) is 41.4. The van der Waals surface area contributed by atoms with Crippen molar-refractivity contribution >= 4 is 135 Å². The number of pyridine rings is 3. The van der Waals surface area contributed by atoms with Crippen molar-refractivity contribution in [2.24, 2.45) is 11.8 Å². The summed E-state index contributed by atoms with van der Waals surface area (Å²) < 4.78 is 9.00. The second kappa shape index (κ2) is 41.2. The van der Waals surface area contributed by atoms with Crippen LogP contribution in [0.5, 0.6) is 0 Å². The first kappa shape index (κ1) is 91.3. The predicted molar refractivity (Wildman–Crippen MR) is 482 cm³/mol. The standard InChI is InChI=1S/C33H30ClN7O4.C33H31ClN6O4.C28H25ClN8O4/c1-20(42)22-5-3-21(4-6-22)15-30(43)32-27-17-26(39(2)33(45)23-7-8-23)18-35-28(27)13-14-40(32)31(44)12-9-24-16-25(34)10-11-29(24)41-19-36-37-38-41;1-20(2)30(42)16-23-14-27-28(35-18-23)12-13-39(33(27)31(43)15-22-4-6-24(7-5-22)21(3)41)32(44)11-8-25-17-26(34)9-10-29(25)40-19-36-37-38-40;1-41-28(40)33-21-6-2-17(3-7-21)12-25(38)27-22-14-20(30)15-31-23(22)10-11-36(27)26(39)9-4-18-13-19(29)5-8-24(18)37-16-32-34-35-37/h3-6,9-12,16-19,23,32H,7-8,13-15H2,1-2H3;4-11,14,17-20,33H,12-13,15-16H2,1-3H3;2-9,13-16,27H,10-12,30H2,1H3,(H,33,40)/b12-9+;11-8+;9-4+. The van der Waals surface area contributed by atoms with Crippen molar-refractivity contribution in [2.75, 3.05) is 49.7 Å². The number of nitrogen functional groups attached to an aromatic ring is 1. The van der Waals surface area contributed by atoms with Crippen LogP contribution in [0.4, 0.5) is 21.9 Å². The van der Waals surface area contributed by atoms with Gasteiger partial charge in [0.1, 0.15) is 42.9 Å². The van der Waals surface area contributed by atoms with Gasteiger partial charge in [-0.1, -0.05) is 109 Å². The molecule has 5 amide bonds. The molecule has 0 spiro atoms. The van der Waals surface area contributed by atoms with Gasteiger partial charge in [-0.2, -0.15) is 14.0 Å². The third kappa shape index (κ3) is 22.2. The molecule has 660 valence electrons. The molecule has 0 saturated heterocycles. The molecule has 0 bridgehead atoms. The summed E-state index contributed by atoms with van der Waals surface area (Å²) in [4.78, 5) is 163. The normalized spacial score (nSPS) is 15.0. The molecule has 12 aromatic rings. The maximum absolute atomic E-state index is 14.1. The highest BCUT2D eigenvalue weighted by molar-refractivity contribution is 6.31. The minimum absolute atomic E-state index is 0.00864. The van der Waals surface area contributed by atoms with Crippen LogP contribution in [-0.4, -0.2) is 188 Å². The maximum Gasteiger partial charge on any atom is 0.411 e. The SMILES string of the molecule is CC(=O)c1ccc(CC(=O)C2c3cc(CC(=O)C(C)C)cnc3CCN2C(=O)/C=C/c2cc(Cl)ccc2-n2cnnn2)cc1.CC(=O)c1ccc(CC(=O)C2c3cc(N(C)C(=O)C4CC4)cnc3CCN2C(=O)/C=C/c2cc(Cl)ccc2-n2cnnn2)cc1.COC(=O)Nc1ccc(CC(=O)C2c3cc(N)cnc3CCN2C(=O)/C=C/c2cc(Cl)ccc2-n2cnnn2)cc1. The number of carbonyl (C=O) groups excluding carboxylic acids is 11. The van der Waals surface area contributed by atoms with Crippen LogP contribution < -0.4 is 16.0 Å². The van der Waals surface area contributed by atoms with E-state index in [4.69, 9.17) is 40.5 Å². The molecule has 3 aliphatic heterocycles. The van der Waals surface area contributed by atoms with E-state index >= 15 is 0 Å². The molecular formula is C94H86Cl3N21O12. The fraction of sp³-hybridized carbons (Fsp3) is 0.245. The van der Waals surface area contributed by atoms with E-state index in [9.17, 15) is 52.7 Å². The molecule has 6 aromatic carbocycles. The van der Waals surface area contributed by atoms with Crippen LogP contribution in [0.15, 0.2) is 201 Å². The zero-order valence-corrected chi connectivity index (χ0v) is 73.5. The average Bonchev–Trinajstić information content (AvgIpc) is 0.822. The van der Waals surface area contributed by atoms with E-state index in [-0.39, 0.29) is 109 Å². The molecule has 1 aliphatic carbocycles. The largest absolute Gasteiger partial charge is 0.453 e. The lowest BCUT2D eigenvalue weighted by Gasteiger charge is -2.36. The molecule has 1 saturated carbocycles. The number of Topliss-reactive ketones (excluding diaryl/α,β-unsaturated/α-hetero) is 6. The van der Waals surface area contributed by atoms with Crippen molar-refractivity contribution in [3.63, 3.8) is 0 Å². The molecule has 16 rings (SSSR count). The third-order valence-corrected chi connectivity index (χ3v) is 23.0. The topological polar surface area (TPSA) is 417 Å². The summed E-state index contributed by atoms with van der Waals surface area (Å²) in [6, 6.07) is 38.6. The van der Waals surface area contributed by atoms with Gasteiger partial charge in [-0.25, -0.2) is 4.79 Å². The molecule has 1 fully saturated rings. The summed E-state index contributed by atoms with van der Waals surface area (Å²) >= 11 is 18.7. The Bertz CT molecular complexity index is 6410. The molecule has 3 atom stereocenters. The van der Waals surface area contributed by atoms with Gasteiger partial charge in [-0.3, -0.25) is 68.2 Å². The van der Waals surface area contributed by atoms with Gasteiger partial charge < -0.3 is 30.1 Å². The van der Waals surface area contributed by atoms with Gasteiger partial charge in [0, 0.05) is 190 Å². The fourth-order valence-corrected chi connectivity index (χ4v) is 15.9. The number of nitrogens with two attached hydrogens (primary N) is 1. The number of ketones is 6. The Morgan fingerprint density at radius 2 is 0.854 bits per heavy atom. The van der Waals surface area contributed by atoms with Gasteiger partial charge in [0.25, 0.3) is 0 Å². The van der Waals surface area contributed by atoms with E-state index in [2.05, 4.69) is 71.6 Å². The zero-order valence-electron chi connectivity index (χ0n) is 71.3. The number of tetrazole rings is 3. The quantitative estimate of drug-likeness (QED) is 0.0375. The van der Waals surface area contributed by atoms with Gasteiger partial charge in [0.2, 0.25) is 23.6 Å². The number of benzene rings is 6. The highest BCUT2D eigenvalue weighted by atomic mass is 35.5. The number of hydrogen-bond acceptors (Lipinski definition) is 25. The third-order valence-electron chi connectivity index (χ3n) is 22.3. The molecule has 36 heteroatoms.